The van der Waals surface area contributed by atoms with E-state index >= 15 is 0 Å². The number of halogens is 1. The standard InChI is InChI=1S/C22H24BrNO2/c23-19-3-1-18-9-20(4-2-17(18)8-19)26-13-21(25)24-22-10-14-5-15(11-22)7-16(6-14)12-22/h1-4,8-9,14-16H,5-7,10-13H2,(H,24,25). The second kappa shape index (κ2) is 6.26. The molecule has 1 N–H and O–H groups in total. The molecule has 0 saturated heterocycles. The number of carbonyl (C=O) groups is 1. The molecule has 2 aromatic rings. The molecule has 1 amide bonds. The van der Waals surface area contributed by atoms with Gasteiger partial charge in [0.15, 0.2) is 6.61 Å². The molecule has 4 saturated carbocycles. The fraction of sp³-hybridized carbons (Fsp3) is 0.500. The van der Waals surface area contributed by atoms with Gasteiger partial charge in [-0.1, -0.05) is 28.1 Å². The van der Waals surface area contributed by atoms with Crippen LogP contribution >= 0.6 is 15.9 Å². The van der Waals surface area contributed by atoms with Crippen LogP contribution in [0.5, 0.6) is 5.75 Å². The molecule has 0 aromatic heterocycles. The van der Waals surface area contributed by atoms with Gasteiger partial charge in [0, 0.05) is 10.0 Å². The molecule has 136 valence electrons. The third kappa shape index (κ3) is 3.13. The molecule has 4 aliphatic rings. The van der Waals surface area contributed by atoms with Crippen LogP contribution in [0.3, 0.4) is 0 Å². The number of rotatable bonds is 4. The molecule has 0 spiro atoms. The number of hydrogen-bond acceptors (Lipinski definition) is 2. The number of carbonyl (C=O) groups excluding carboxylic acids is 1. The van der Waals surface area contributed by atoms with Gasteiger partial charge in [0.1, 0.15) is 5.75 Å². The van der Waals surface area contributed by atoms with E-state index in [-0.39, 0.29) is 18.1 Å². The Morgan fingerprint density at radius 3 is 2.31 bits per heavy atom. The van der Waals surface area contributed by atoms with Gasteiger partial charge in [0.05, 0.1) is 0 Å². The second-order valence-electron chi connectivity index (χ2n) is 8.69. The van der Waals surface area contributed by atoms with Crippen LogP contribution in [0, 0.1) is 17.8 Å². The Kier molecular flexibility index (Phi) is 4.00. The van der Waals surface area contributed by atoms with Crippen molar-refractivity contribution < 1.29 is 9.53 Å². The second-order valence-corrected chi connectivity index (χ2v) is 9.60. The van der Waals surface area contributed by atoms with Crippen LogP contribution in [0.4, 0.5) is 0 Å². The Labute approximate surface area is 162 Å². The molecule has 0 aliphatic heterocycles. The molecule has 4 aliphatic carbocycles. The first kappa shape index (κ1) is 16.6. The Balaban J connectivity index is 1.23. The molecule has 0 radical (unpaired) electrons. The summed E-state index contributed by atoms with van der Waals surface area (Å²) in [5.41, 5.74) is 0.0604. The van der Waals surface area contributed by atoms with E-state index in [1.54, 1.807) is 0 Å². The van der Waals surface area contributed by atoms with Crippen molar-refractivity contribution in [3.05, 3.63) is 40.9 Å². The largest absolute Gasteiger partial charge is 0.484 e. The van der Waals surface area contributed by atoms with Crippen molar-refractivity contribution in [3.63, 3.8) is 0 Å². The molecular weight excluding hydrogens is 390 g/mol. The predicted molar refractivity (Wildman–Crippen MR) is 106 cm³/mol. The van der Waals surface area contributed by atoms with Crippen LogP contribution in [0.15, 0.2) is 40.9 Å². The number of amides is 1. The first-order chi connectivity index (χ1) is 12.6. The maximum absolute atomic E-state index is 12.6. The van der Waals surface area contributed by atoms with Gasteiger partial charge in [0.25, 0.3) is 5.91 Å². The number of hydrogen-bond donors (Lipinski definition) is 1. The van der Waals surface area contributed by atoms with Crippen molar-refractivity contribution in [2.24, 2.45) is 17.8 Å². The van der Waals surface area contributed by atoms with Crippen molar-refractivity contribution in [1.29, 1.82) is 0 Å². The average molecular weight is 414 g/mol. The van der Waals surface area contributed by atoms with E-state index in [0.717, 1.165) is 38.7 Å². The summed E-state index contributed by atoms with van der Waals surface area (Å²) < 4.78 is 6.86. The van der Waals surface area contributed by atoms with Gasteiger partial charge in [0.2, 0.25) is 0 Å². The quantitative estimate of drug-likeness (QED) is 0.759. The van der Waals surface area contributed by atoms with Crippen molar-refractivity contribution >= 4 is 32.6 Å². The van der Waals surface area contributed by atoms with Crippen molar-refractivity contribution in [2.75, 3.05) is 6.61 Å². The summed E-state index contributed by atoms with van der Waals surface area (Å²) in [6.45, 7) is 0.101. The minimum Gasteiger partial charge on any atom is -0.484 e. The molecule has 0 atom stereocenters. The highest BCUT2D eigenvalue weighted by molar-refractivity contribution is 9.10. The lowest BCUT2D eigenvalue weighted by molar-refractivity contribution is -0.128. The summed E-state index contributed by atoms with van der Waals surface area (Å²) in [5.74, 6) is 3.29. The molecule has 0 heterocycles. The number of ether oxygens (including phenoxy) is 1. The van der Waals surface area contributed by atoms with Crippen LogP contribution in [0.1, 0.15) is 38.5 Å². The highest BCUT2D eigenvalue weighted by atomic mass is 79.9. The molecule has 2 aromatic carbocycles. The maximum atomic E-state index is 12.6. The Morgan fingerprint density at radius 2 is 1.62 bits per heavy atom. The van der Waals surface area contributed by atoms with Gasteiger partial charge in [-0.05, 0) is 91.3 Å². The average Bonchev–Trinajstić information content (AvgIpc) is 2.58. The van der Waals surface area contributed by atoms with E-state index in [4.69, 9.17) is 4.74 Å². The molecule has 0 unspecified atom stereocenters. The number of benzene rings is 2. The normalized spacial score (nSPS) is 32.0. The van der Waals surface area contributed by atoms with Crippen LogP contribution in [-0.4, -0.2) is 18.1 Å². The fourth-order valence-electron chi connectivity index (χ4n) is 6.03. The first-order valence-corrected chi connectivity index (χ1v) is 10.5. The topological polar surface area (TPSA) is 38.3 Å². The zero-order valence-corrected chi connectivity index (χ0v) is 16.4. The predicted octanol–water partition coefficient (Wildman–Crippen LogP) is 5.07. The molecule has 6 rings (SSSR count). The van der Waals surface area contributed by atoms with Crippen LogP contribution in [0.2, 0.25) is 0 Å². The van der Waals surface area contributed by atoms with Crippen LogP contribution < -0.4 is 10.1 Å². The molecule has 4 heteroatoms. The first-order valence-electron chi connectivity index (χ1n) is 9.70. The highest BCUT2D eigenvalue weighted by Gasteiger charge is 2.51. The fourth-order valence-corrected chi connectivity index (χ4v) is 6.41. The lowest BCUT2D eigenvalue weighted by Gasteiger charge is -2.56. The van der Waals surface area contributed by atoms with Crippen LogP contribution in [0.25, 0.3) is 10.8 Å². The smallest absolute Gasteiger partial charge is 0.258 e. The monoisotopic (exact) mass is 413 g/mol. The van der Waals surface area contributed by atoms with E-state index in [0.29, 0.717) is 0 Å². The van der Waals surface area contributed by atoms with Crippen LogP contribution in [-0.2, 0) is 4.79 Å². The van der Waals surface area contributed by atoms with Gasteiger partial charge in [-0.2, -0.15) is 0 Å². The van der Waals surface area contributed by atoms with Gasteiger partial charge in [-0.3, -0.25) is 4.79 Å². The van der Waals surface area contributed by atoms with Crippen molar-refractivity contribution in [3.8, 4) is 5.75 Å². The Morgan fingerprint density at radius 1 is 1.00 bits per heavy atom. The third-order valence-electron chi connectivity index (χ3n) is 6.59. The van der Waals surface area contributed by atoms with Gasteiger partial charge in [-0.25, -0.2) is 0 Å². The molecule has 4 fully saturated rings. The van der Waals surface area contributed by atoms with E-state index in [1.165, 1.54) is 38.5 Å². The minimum absolute atomic E-state index is 0.0304. The third-order valence-corrected chi connectivity index (χ3v) is 7.08. The van der Waals surface area contributed by atoms with E-state index in [1.807, 2.05) is 24.3 Å². The molecule has 4 bridgehead atoms. The SMILES string of the molecule is O=C(COc1ccc2cc(Br)ccc2c1)NC12CC3CC(CC(C3)C1)C2. The lowest BCUT2D eigenvalue weighted by atomic mass is 9.53. The van der Waals surface area contributed by atoms with E-state index in [9.17, 15) is 4.79 Å². The number of fused-ring (bicyclic) bond motifs is 1. The van der Waals surface area contributed by atoms with Gasteiger partial charge >= 0.3 is 0 Å². The summed E-state index contributed by atoms with van der Waals surface area (Å²) in [6, 6.07) is 12.1. The maximum Gasteiger partial charge on any atom is 0.258 e. The minimum atomic E-state index is 0.0304. The Hall–Kier alpha value is -1.55. The van der Waals surface area contributed by atoms with Crippen molar-refractivity contribution in [1.82, 2.24) is 5.32 Å². The zero-order valence-electron chi connectivity index (χ0n) is 14.8. The van der Waals surface area contributed by atoms with E-state index < -0.39 is 0 Å². The molecule has 26 heavy (non-hydrogen) atoms. The highest BCUT2D eigenvalue weighted by Crippen LogP contribution is 2.55. The van der Waals surface area contributed by atoms with Gasteiger partial charge in [-0.15, -0.1) is 0 Å². The molecular formula is C22H24BrNO2. The summed E-state index contributed by atoms with van der Waals surface area (Å²) in [4.78, 5) is 12.6. The van der Waals surface area contributed by atoms with Crippen molar-refractivity contribution in [2.45, 2.75) is 44.1 Å². The summed E-state index contributed by atoms with van der Waals surface area (Å²) >= 11 is 3.49. The summed E-state index contributed by atoms with van der Waals surface area (Å²) in [7, 11) is 0. The zero-order chi connectivity index (χ0) is 17.7. The Bertz CT molecular complexity index is 827. The summed E-state index contributed by atoms with van der Waals surface area (Å²) in [5, 5.41) is 5.64. The number of nitrogens with one attached hydrogen (secondary N) is 1. The summed E-state index contributed by atoms with van der Waals surface area (Å²) in [6.07, 6.45) is 7.69. The van der Waals surface area contributed by atoms with Gasteiger partial charge < -0.3 is 10.1 Å². The van der Waals surface area contributed by atoms with E-state index in [2.05, 4.69) is 33.4 Å². The molecule has 3 nitrogen and oxygen atoms in total. The lowest BCUT2D eigenvalue weighted by Crippen LogP contribution is -2.60.